The van der Waals surface area contributed by atoms with Crippen LogP contribution in [-0.2, 0) is 17.6 Å². The van der Waals surface area contributed by atoms with E-state index in [1.165, 1.54) is 0 Å². The molecule has 138 valence electrons. The Balaban J connectivity index is 1.43. The minimum absolute atomic E-state index is 0.0307. The molecule has 6 heteroatoms. The number of ether oxygens (including phenoxy) is 4. The van der Waals surface area contributed by atoms with E-state index in [2.05, 4.69) is 5.32 Å². The minimum Gasteiger partial charge on any atom is -0.493 e. The number of aryl methyl sites for hydroxylation is 1. The molecule has 1 aliphatic rings. The number of benzene rings is 2. The van der Waals surface area contributed by atoms with E-state index in [1.807, 2.05) is 36.4 Å². The first-order valence-electron chi connectivity index (χ1n) is 8.55. The molecule has 0 saturated carbocycles. The standard InChI is InChI=1S/C20H23NO5/c1-23-16-6-3-15(11-18(16)24-2)9-10-21-20(22)8-5-14-4-7-17-19(12-14)26-13-25-17/h3-4,6-7,11-12H,5,8-10,13H2,1-2H3,(H,21,22). The maximum Gasteiger partial charge on any atom is 0.231 e. The predicted octanol–water partition coefficient (Wildman–Crippen LogP) is 2.72. The fourth-order valence-electron chi connectivity index (χ4n) is 2.83. The van der Waals surface area contributed by atoms with Crippen LogP contribution in [0.1, 0.15) is 17.5 Å². The zero-order chi connectivity index (χ0) is 18.4. The highest BCUT2D eigenvalue weighted by Crippen LogP contribution is 2.32. The first-order chi connectivity index (χ1) is 12.7. The molecule has 2 aromatic rings. The molecule has 0 bridgehead atoms. The van der Waals surface area contributed by atoms with E-state index in [9.17, 15) is 4.79 Å². The molecular weight excluding hydrogens is 334 g/mol. The lowest BCUT2D eigenvalue weighted by Crippen LogP contribution is -2.25. The van der Waals surface area contributed by atoms with Gasteiger partial charge < -0.3 is 24.3 Å². The summed E-state index contributed by atoms with van der Waals surface area (Å²) in [6, 6.07) is 11.5. The fraction of sp³-hybridized carbons (Fsp3) is 0.350. The Morgan fingerprint density at radius 1 is 0.962 bits per heavy atom. The number of hydrogen-bond acceptors (Lipinski definition) is 5. The molecule has 1 aliphatic heterocycles. The highest BCUT2D eigenvalue weighted by molar-refractivity contribution is 5.76. The molecule has 0 atom stereocenters. The van der Waals surface area contributed by atoms with Crippen LogP contribution in [0.15, 0.2) is 36.4 Å². The summed E-state index contributed by atoms with van der Waals surface area (Å²) in [7, 11) is 3.22. The van der Waals surface area contributed by atoms with Gasteiger partial charge in [0.25, 0.3) is 0 Å². The summed E-state index contributed by atoms with van der Waals surface area (Å²) in [5, 5.41) is 2.95. The Kier molecular flexibility index (Phi) is 5.84. The molecular formula is C20H23NO5. The van der Waals surface area contributed by atoms with Gasteiger partial charge in [0.15, 0.2) is 23.0 Å². The van der Waals surface area contributed by atoms with Crippen LogP contribution in [0.2, 0.25) is 0 Å². The van der Waals surface area contributed by atoms with Gasteiger partial charge in [-0.2, -0.15) is 0 Å². The molecule has 3 rings (SSSR count). The third-order valence-electron chi connectivity index (χ3n) is 4.26. The van der Waals surface area contributed by atoms with Gasteiger partial charge in [-0.25, -0.2) is 0 Å². The van der Waals surface area contributed by atoms with Crippen LogP contribution in [0.4, 0.5) is 0 Å². The van der Waals surface area contributed by atoms with E-state index in [1.54, 1.807) is 14.2 Å². The molecule has 1 heterocycles. The van der Waals surface area contributed by atoms with Gasteiger partial charge >= 0.3 is 0 Å². The lowest BCUT2D eigenvalue weighted by molar-refractivity contribution is -0.121. The highest BCUT2D eigenvalue weighted by Gasteiger charge is 2.13. The predicted molar refractivity (Wildman–Crippen MR) is 97.1 cm³/mol. The maximum absolute atomic E-state index is 12.1. The highest BCUT2D eigenvalue weighted by atomic mass is 16.7. The summed E-state index contributed by atoms with van der Waals surface area (Å²) in [4.78, 5) is 12.1. The molecule has 6 nitrogen and oxygen atoms in total. The van der Waals surface area contributed by atoms with Crippen molar-refractivity contribution in [3.05, 3.63) is 47.5 Å². The summed E-state index contributed by atoms with van der Waals surface area (Å²) >= 11 is 0. The molecule has 2 aromatic carbocycles. The number of fused-ring (bicyclic) bond motifs is 1. The van der Waals surface area contributed by atoms with E-state index in [4.69, 9.17) is 18.9 Å². The number of hydrogen-bond donors (Lipinski definition) is 1. The molecule has 0 fully saturated rings. The molecule has 0 spiro atoms. The summed E-state index contributed by atoms with van der Waals surface area (Å²) in [5.74, 6) is 2.93. The Labute approximate surface area is 153 Å². The number of amides is 1. The maximum atomic E-state index is 12.1. The smallest absolute Gasteiger partial charge is 0.231 e. The monoisotopic (exact) mass is 357 g/mol. The van der Waals surface area contributed by atoms with Crippen LogP contribution in [0.3, 0.4) is 0 Å². The van der Waals surface area contributed by atoms with Gasteiger partial charge in [0.1, 0.15) is 0 Å². The average Bonchev–Trinajstić information content (AvgIpc) is 3.14. The largest absolute Gasteiger partial charge is 0.493 e. The quantitative estimate of drug-likeness (QED) is 0.787. The minimum atomic E-state index is 0.0307. The molecule has 0 unspecified atom stereocenters. The number of methoxy groups -OCH3 is 2. The van der Waals surface area contributed by atoms with Crippen molar-refractivity contribution in [1.82, 2.24) is 5.32 Å². The Morgan fingerprint density at radius 3 is 2.50 bits per heavy atom. The summed E-state index contributed by atoms with van der Waals surface area (Å²) < 4.78 is 21.2. The van der Waals surface area contributed by atoms with Crippen molar-refractivity contribution >= 4 is 5.91 Å². The van der Waals surface area contributed by atoms with Gasteiger partial charge in [-0.15, -0.1) is 0 Å². The summed E-state index contributed by atoms with van der Waals surface area (Å²) in [5.41, 5.74) is 2.14. The second-order valence-corrected chi connectivity index (χ2v) is 5.98. The van der Waals surface area contributed by atoms with Crippen LogP contribution in [-0.4, -0.2) is 33.5 Å². The second kappa shape index (κ2) is 8.47. The van der Waals surface area contributed by atoms with E-state index < -0.39 is 0 Å². The van der Waals surface area contributed by atoms with E-state index in [0.29, 0.717) is 30.9 Å². The normalized spacial score (nSPS) is 11.9. The second-order valence-electron chi connectivity index (χ2n) is 5.98. The molecule has 1 amide bonds. The molecule has 1 N–H and O–H groups in total. The van der Waals surface area contributed by atoms with Gasteiger partial charge in [0.2, 0.25) is 12.7 Å². The van der Waals surface area contributed by atoms with Gasteiger partial charge in [0, 0.05) is 13.0 Å². The van der Waals surface area contributed by atoms with Crippen molar-refractivity contribution in [2.75, 3.05) is 27.6 Å². The van der Waals surface area contributed by atoms with Crippen LogP contribution < -0.4 is 24.3 Å². The third kappa shape index (κ3) is 4.39. The van der Waals surface area contributed by atoms with Gasteiger partial charge in [-0.3, -0.25) is 4.79 Å². The van der Waals surface area contributed by atoms with Crippen molar-refractivity contribution in [2.24, 2.45) is 0 Å². The molecule has 26 heavy (non-hydrogen) atoms. The molecule has 0 aromatic heterocycles. The Hall–Kier alpha value is -2.89. The van der Waals surface area contributed by atoms with Crippen molar-refractivity contribution in [3.63, 3.8) is 0 Å². The summed E-state index contributed by atoms with van der Waals surface area (Å²) in [6.45, 7) is 0.838. The van der Waals surface area contributed by atoms with Gasteiger partial charge in [0.05, 0.1) is 14.2 Å². The number of carbonyl (C=O) groups excluding carboxylic acids is 1. The fourth-order valence-corrected chi connectivity index (χ4v) is 2.83. The lowest BCUT2D eigenvalue weighted by Gasteiger charge is -2.10. The lowest BCUT2D eigenvalue weighted by atomic mass is 10.1. The topological polar surface area (TPSA) is 66.0 Å². The van der Waals surface area contributed by atoms with Crippen molar-refractivity contribution in [3.8, 4) is 23.0 Å². The Morgan fingerprint density at radius 2 is 1.69 bits per heavy atom. The zero-order valence-electron chi connectivity index (χ0n) is 15.0. The van der Waals surface area contributed by atoms with Crippen LogP contribution in [0.25, 0.3) is 0 Å². The SMILES string of the molecule is COc1ccc(CCNC(=O)CCc2ccc3c(c2)OCO3)cc1OC. The van der Waals surface area contributed by atoms with Gasteiger partial charge in [-0.1, -0.05) is 12.1 Å². The molecule has 0 radical (unpaired) electrons. The van der Waals surface area contributed by atoms with E-state index in [-0.39, 0.29) is 12.7 Å². The number of rotatable bonds is 8. The van der Waals surface area contributed by atoms with Gasteiger partial charge in [-0.05, 0) is 48.2 Å². The first kappa shape index (κ1) is 17.9. The number of carbonyl (C=O) groups is 1. The third-order valence-corrected chi connectivity index (χ3v) is 4.26. The van der Waals surface area contributed by atoms with E-state index in [0.717, 1.165) is 29.0 Å². The van der Waals surface area contributed by atoms with Crippen molar-refractivity contribution in [2.45, 2.75) is 19.3 Å². The van der Waals surface area contributed by atoms with Crippen LogP contribution >= 0.6 is 0 Å². The van der Waals surface area contributed by atoms with Crippen molar-refractivity contribution < 1.29 is 23.7 Å². The first-order valence-corrected chi connectivity index (χ1v) is 8.55. The van der Waals surface area contributed by atoms with Crippen LogP contribution in [0.5, 0.6) is 23.0 Å². The van der Waals surface area contributed by atoms with Crippen LogP contribution in [0, 0.1) is 0 Å². The summed E-state index contributed by atoms with van der Waals surface area (Å²) in [6.07, 6.45) is 1.83. The average molecular weight is 357 g/mol. The van der Waals surface area contributed by atoms with E-state index >= 15 is 0 Å². The molecule has 0 saturated heterocycles. The Bertz CT molecular complexity index is 775. The number of nitrogens with one attached hydrogen (secondary N) is 1. The van der Waals surface area contributed by atoms with Crippen molar-refractivity contribution in [1.29, 1.82) is 0 Å². The zero-order valence-corrected chi connectivity index (χ0v) is 15.0. The molecule has 0 aliphatic carbocycles.